The summed E-state index contributed by atoms with van der Waals surface area (Å²) in [7, 11) is 0. The Labute approximate surface area is 177 Å². The number of amides is 1. The highest BCUT2D eigenvalue weighted by Gasteiger charge is 2.17. The van der Waals surface area contributed by atoms with E-state index in [0.29, 0.717) is 25.3 Å². The molecule has 152 valence electrons. The Bertz CT molecular complexity index is 1080. The smallest absolute Gasteiger partial charge is 0.286 e. The molecular formula is C22H19FN4O2S. The second-order valence-corrected chi connectivity index (χ2v) is 7.73. The number of anilines is 1. The van der Waals surface area contributed by atoms with Gasteiger partial charge in [0.05, 0.1) is 19.4 Å². The van der Waals surface area contributed by atoms with Crippen molar-refractivity contribution in [1.29, 1.82) is 0 Å². The highest BCUT2D eigenvalue weighted by molar-refractivity contribution is 7.13. The number of hydrogen-bond acceptors (Lipinski definition) is 6. The molecule has 4 aromatic rings. The molecule has 0 aliphatic heterocycles. The molecule has 0 bridgehead atoms. The minimum atomic E-state index is -0.369. The maximum atomic E-state index is 13.0. The van der Waals surface area contributed by atoms with Gasteiger partial charge in [0.1, 0.15) is 16.6 Å². The summed E-state index contributed by atoms with van der Waals surface area (Å²) in [5, 5.41) is 11.9. The van der Waals surface area contributed by atoms with E-state index in [9.17, 15) is 9.18 Å². The molecule has 1 N–H and O–H groups in total. The molecule has 8 heteroatoms. The maximum absolute atomic E-state index is 13.0. The minimum Gasteiger partial charge on any atom is -0.468 e. The van der Waals surface area contributed by atoms with Crippen LogP contribution in [-0.4, -0.2) is 21.0 Å². The van der Waals surface area contributed by atoms with Crippen molar-refractivity contribution in [2.45, 2.75) is 19.6 Å². The van der Waals surface area contributed by atoms with Crippen molar-refractivity contribution in [2.75, 3.05) is 5.32 Å². The summed E-state index contributed by atoms with van der Waals surface area (Å²) >= 11 is 1.23. The molecule has 0 atom stereocenters. The number of aromatic nitrogens is 2. The Morgan fingerprint density at radius 3 is 2.50 bits per heavy atom. The van der Waals surface area contributed by atoms with Crippen LogP contribution in [0.2, 0.25) is 0 Å². The van der Waals surface area contributed by atoms with Gasteiger partial charge in [-0.05, 0) is 42.0 Å². The number of hydrogen-bond donors (Lipinski definition) is 1. The van der Waals surface area contributed by atoms with Crippen LogP contribution >= 0.6 is 11.3 Å². The van der Waals surface area contributed by atoms with Gasteiger partial charge in [-0.15, -0.1) is 10.2 Å². The predicted molar refractivity (Wildman–Crippen MR) is 112 cm³/mol. The van der Waals surface area contributed by atoms with E-state index in [2.05, 4.69) is 32.5 Å². The molecule has 0 spiro atoms. The third kappa shape index (κ3) is 5.37. The molecule has 0 saturated heterocycles. The summed E-state index contributed by atoms with van der Waals surface area (Å²) in [5.74, 6) is 0.122. The summed E-state index contributed by atoms with van der Waals surface area (Å²) in [6.45, 7) is 1.84. The van der Waals surface area contributed by atoms with Crippen LogP contribution in [0, 0.1) is 5.82 Å². The van der Waals surface area contributed by atoms with Gasteiger partial charge in [0.15, 0.2) is 0 Å². The molecule has 30 heavy (non-hydrogen) atoms. The number of rotatable bonds is 8. The van der Waals surface area contributed by atoms with E-state index in [1.807, 2.05) is 30.3 Å². The SMILES string of the molecule is O=C(Nc1ccc(F)cc1)c1nnc(CN(Cc2ccccc2)Cc2ccco2)s1. The lowest BCUT2D eigenvalue weighted by molar-refractivity contribution is 0.102. The van der Waals surface area contributed by atoms with Gasteiger partial charge in [-0.25, -0.2) is 4.39 Å². The largest absolute Gasteiger partial charge is 0.468 e. The Morgan fingerprint density at radius 2 is 1.77 bits per heavy atom. The highest BCUT2D eigenvalue weighted by atomic mass is 32.1. The summed E-state index contributed by atoms with van der Waals surface area (Å²) in [4.78, 5) is 14.6. The number of furan rings is 1. The number of benzene rings is 2. The first-order valence-corrected chi connectivity index (χ1v) is 10.2. The van der Waals surface area contributed by atoms with Gasteiger partial charge in [-0.3, -0.25) is 9.69 Å². The molecule has 0 aliphatic rings. The summed E-state index contributed by atoms with van der Waals surface area (Å²) in [6, 6.07) is 19.5. The average Bonchev–Trinajstić information content (AvgIpc) is 3.43. The number of halogens is 1. The lowest BCUT2D eigenvalue weighted by Gasteiger charge is -2.19. The number of nitrogens with one attached hydrogen (secondary N) is 1. The molecule has 0 aliphatic carbocycles. The molecule has 0 radical (unpaired) electrons. The quantitative estimate of drug-likeness (QED) is 0.445. The fraction of sp³-hybridized carbons (Fsp3) is 0.136. The molecule has 1 amide bonds. The van der Waals surface area contributed by atoms with Gasteiger partial charge in [-0.2, -0.15) is 0 Å². The van der Waals surface area contributed by atoms with E-state index >= 15 is 0 Å². The van der Waals surface area contributed by atoms with Crippen molar-refractivity contribution in [2.24, 2.45) is 0 Å². The van der Waals surface area contributed by atoms with Crippen molar-refractivity contribution in [3.63, 3.8) is 0 Å². The van der Waals surface area contributed by atoms with Crippen LogP contribution in [0.3, 0.4) is 0 Å². The average molecular weight is 422 g/mol. The van der Waals surface area contributed by atoms with Crippen LogP contribution < -0.4 is 5.32 Å². The second kappa shape index (κ2) is 9.43. The van der Waals surface area contributed by atoms with Gasteiger partial charge in [-0.1, -0.05) is 41.7 Å². The molecule has 0 fully saturated rings. The second-order valence-electron chi connectivity index (χ2n) is 6.67. The Kier molecular flexibility index (Phi) is 6.26. The van der Waals surface area contributed by atoms with Crippen LogP contribution in [-0.2, 0) is 19.6 Å². The highest BCUT2D eigenvalue weighted by Crippen LogP contribution is 2.18. The van der Waals surface area contributed by atoms with E-state index < -0.39 is 0 Å². The van der Waals surface area contributed by atoms with E-state index in [4.69, 9.17) is 4.42 Å². The fourth-order valence-corrected chi connectivity index (χ4v) is 3.73. The molecule has 4 rings (SSSR count). The first-order chi connectivity index (χ1) is 14.7. The predicted octanol–water partition coefficient (Wildman–Crippen LogP) is 4.72. The van der Waals surface area contributed by atoms with Crippen molar-refractivity contribution in [3.05, 3.63) is 100 Å². The van der Waals surface area contributed by atoms with Gasteiger partial charge in [0.2, 0.25) is 5.01 Å². The first-order valence-electron chi connectivity index (χ1n) is 9.34. The van der Waals surface area contributed by atoms with Gasteiger partial charge < -0.3 is 9.73 Å². The molecular weight excluding hydrogens is 403 g/mol. The van der Waals surface area contributed by atoms with Gasteiger partial charge >= 0.3 is 0 Å². The van der Waals surface area contributed by atoms with Crippen molar-refractivity contribution in [1.82, 2.24) is 15.1 Å². The summed E-state index contributed by atoms with van der Waals surface area (Å²) in [5.41, 5.74) is 1.67. The molecule has 0 saturated carbocycles. The lowest BCUT2D eigenvalue weighted by Crippen LogP contribution is -2.22. The Balaban J connectivity index is 1.44. The summed E-state index contributed by atoms with van der Waals surface area (Å²) < 4.78 is 18.5. The molecule has 6 nitrogen and oxygen atoms in total. The van der Waals surface area contributed by atoms with Crippen LogP contribution in [0.15, 0.2) is 77.4 Å². The van der Waals surface area contributed by atoms with Crippen molar-refractivity contribution in [3.8, 4) is 0 Å². The van der Waals surface area contributed by atoms with E-state index in [0.717, 1.165) is 10.8 Å². The van der Waals surface area contributed by atoms with Crippen LogP contribution in [0.1, 0.15) is 26.1 Å². The zero-order valence-electron chi connectivity index (χ0n) is 16.0. The van der Waals surface area contributed by atoms with Crippen LogP contribution in [0.5, 0.6) is 0 Å². The lowest BCUT2D eigenvalue weighted by atomic mass is 10.2. The first kappa shape index (κ1) is 19.9. The van der Waals surface area contributed by atoms with Crippen LogP contribution in [0.25, 0.3) is 0 Å². The fourth-order valence-electron chi connectivity index (χ4n) is 2.95. The number of carbonyl (C=O) groups is 1. The van der Waals surface area contributed by atoms with Crippen molar-refractivity contribution >= 4 is 22.9 Å². The number of carbonyl (C=O) groups excluding carboxylic acids is 1. The standard InChI is InChI=1S/C22H19FN4O2S/c23-17-8-10-18(11-9-17)24-21(28)22-26-25-20(30-22)15-27(14-19-7-4-12-29-19)13-16-5-2-1-3-6-16/h1-12H,13-15H2,(H,24,28). The Morgan fingerprint density at radius 1 is 0.967 bits per heavy atom. The zero-order chi connectivity index (χ0) is 20.8. The van der Waals surface area contributed by atoms with Gasteiger partial charge in [0.25, 0.3) is 5.91 Å². The topological polar surface area (TPSA) is 71.3 Å². The monoisotopic (exact) mass is 422 g/mol. The summed E-state index contributed by atoms with van der Waals surface area (Å²) in [6.07, 6.45) is 1.65. The minimum absolute atomic E-state index is 0.256. The molecule has 0 unspecified atom stereocenters. The zero-order valence-corrected chi connectivity index (χ0v) is 16.8. The maximum Gasteiger partial charge on any atom is 0.286 e. The molecule has 2 heterocycles. The third-order valence-electron chi connectivity index (χ3n) is 4.33. The molecule has 2 aromatic carbocycles. The molecule has 2 aromatic heterocycles. The van der Waals surface area contributed by atoms with Crippen LogP contribution in [0.4, 0.5) is 10.1 Å². The van der Waals surface area contributed by atoms with Crippen molar-refractivity contribution < 1.29 is 13.6 Å². The third-order valence-corrected chi connectivity index (χ3v) is 5.24. The van der Waals surface area contributed by atoms with E-state index in [1.54, 1.807) is 6.26 Å². The van der Waals surface area contributed by atoms with E-state index in [1.165, 1.54) is 41.2 Å². The Hall–Kier alpha value is -3.36. The normalized spacial score (nSPS) is 11.0. The van der Waals surface area contributed by atoms with Gasteiger partial charge in [0, 0.05) is 12.2 Å². The number of nitrogens with zero attached hydrogens (tertiary/aromatic N) is 3. The van der Waals surface area contributed by atoms with E-state index in [-0.39, 0.29) is 16.7 Å².